The van der Waals surface area contributed by atoms with E-state index in [4.69, 9.17) is 14.0 Å². The second-order valence-corrected chi connectivity index (χ2v) is 6.58. The Morgan fingerprint density at radius 1 is 1.07 bits per heavy atom. The lowest BCUT2D eigenvalue weighted by Gasteiger charge is -2.20. The summed E-state index contributed by atoms with van der Waals surface area (Å²) < 4.78 is 16.8. The van der Waals surface area contributed by atoms with Gasteiger partial charge < -0.3 is 24.6 Å². The predicted octanol–water partition coefficient (Wildman–Crippen LogP) is 4.60. The molecule has 158 valence electrons. The first kappa shape index (κ1) is 21.2. The molecule has 3 rings (SSSR count). The summed E-state index contributed by atoms with van der Waals surface area (Å²) >= 11 is 0. The fourth-order valence-corrected chi connectivity index (χ4v) is 2.89. The van der Waals surface area contributed by atoms with Crippen LogP contribution in [0.3, 0.4) is 0 Å². The number of nitrogens with zero attached hydrogens (tertiary/aromatic N) is 2. The third kappa shape index (κ3) is 5.08. The molecule has 1 atom stereocenters. The number of hydrogen-bond donors (Lipinski definition) is 2. The molecule has 0 aliphatic rings. The minimum Gasteiger partial charge on any atom is -0.492 e. The number of anilines is 2. The minimum absolute atomic E-state index is 0.227. The SMILES string of the molecule is CCOc1cc(NC(C)c2nc(C)no2)c(OCC)cc1NC(=O)c1ccccc1. The molecule has 0 bridgehead atoms. The van der Waals surface area contributed by atoms with Crippen molar-refractivity contribution in [2.24, 2.45) is 0 Å². The highest BCUT2D eigenvalue weighted by Crippen LogP contribution is 2.38. The maximum Gasteiger partial charge on any atom is 0.255 e. The fraction of sp³-hybridized carbons (Fsp3) is 0.318. The quantitative estimate of drug-likeness (QED) is 0.532. The number of hydrogen-bond acceptors (Lipinski definition) is 7. The third-order valence-corrected chi connectivity index (χ3v) is 4.25. The lowest BCUT2D eigenvalue weighted by Crippen LogP contribution is -2.14. The Balaban J connectivity index is 1.91. The summed E-state index contributed by atoms with van der Waals surface area (Å²) in [5.74, 6) is 1.91. The van der Waals surface area contributed by atoms with Crippen molar-refractivity contribution in [1.29, 1.82) is 0 Å². The highest BCUT2D eigenvalue weighted by molar-refractivity contribution is 6.05. The van der Waals surface area contributed by atoms with Crippen LogP contribution in [0.1, 0.15) is 48.9 Å². The molecule has 0 aliphatic heterocycles. The van der Waals surface area contributed by atoms with E-state index in [1.54, 1.807) is 31.2 Å². The molecule has 0 saturated heterocycles. The van der Waals surface area contributed by atoms with Gasteiger partial charge in [-0.15, -0.1) is 0 Å². The van der Waals surface area contributed by atoms with E-state index < -0.39 is 0 Å². The molecular weight excluding hydrogens is 384 g/mol. The van der Waals surface area contributed by atoms with Crippen molar-refractivity contribution in [3.8, 4) is 11.5 Å². The number of benzene rings is 2. The molecule has 0 radical (unpaired) electrons. The average Bonchev–Trinajstić information content (AvgIpc) is 3.18. The molecule has 0 fully saturated rings. The highest BCUT2D eigenvalue weighted by atomic mass is 16.5. The molecule has 0 spiro atoms. The summed E-state index contributed by atoms with van der Waals surface area (Å²) in [6.07, 6.45) is 0. The van der Waals surface area contributed by atoms with Gasteiger partial charge in [0.2, 0.25) is 5.89 Å². The summed E-state index contributed by atoms with van der Waals surface area (Å²) in [7, 11) is 0. The van der Waals surface area contributed by atoms with Gasteiger partial charge in [-0.05, 0) is 39.8 Å². The number of nitrogens with one attached hydrogen (secondary N) is 2. The summed E-state index contributed by atoms with van der Waals surface area (Å²) in [4.78, 5) is 16.9. The average molecular weight is 410 g/mol. The van der Waals surface area contributed by atoms with Gasteiger partial charge in [-0.3, -0.25) is 4.79 Å². The van der Waals surface area contributed by atoms with Gasteiger partial charge in [0.15, 0.2) is 5.82 Å². The second kappa shape index (κ2) is 9.78. The summed E-state index contributed by atoms with van der Waals surface area (Å²) in [5, 5.41) is 10.1. The Morgan fingerprint density at radius 2 is 1.70 bits per heavy atom. The van der Waals surface area contributed by atoms with Gasteiger partial charge in [0.25, 0.3) is 5.91 Å². The van der Waals surface area contributed by atoms with E-state index in [0.29, 0.717) is 53.4 Å². The largest absolute Gasteiger partial charge is 0.492 e. The van der Waals surface area contributed by atoms with Crippen molar-refractivity contribution in [3.05, 3.63) is 59.7 Å². The molecule has 1 amide bonds. The number of aryl methyl sites for hydroxylation is 1. The van der Waals surface area contributed by atoms with E-state index >= 15 is 0 Å². The summed E-state index contributed by atoms with van der Waals surface area (Å²) in [5.41, 5.74) is 1.78. The van der Waals surface area contributed by atoms with Crippen LogP contribution in [0.15, 0.2) is 47.0 Å². The van der Waals surface area contributed by atoms with Crippen LogP contribution in [-0.4, -0.2) is 29.3 Å². The van der Waals surface area contributed by atoms with E-state index in [9.17, 15) is 4.79 Å². The van der Waals surface area contributed by atoms with Gasteiger partial charge in [0.05, 0.1) is 24.6 Å². The van der Waals surface area contributed by atoms with Crippen LogP contribution >= 0.6 is 0 Å². The number of carbonyl (C=O) groups is 1. The zero-order chi connectivity index (χ0) is 21.5. The molecule has 8 heteroatoms. The van der Waals surface area contributed by atoms with Crippen molar-refractivity contribution < 1.29 is 18.8 Å². The Labute approximate surface area is 175 Å². The summed E-state index contributed by atoms with van der Waals surface area (Å²) in [6, 6.07) is 12.3. The van der Waals surface area contributed by atoms with E-state index in [2.05, 4.69) is 20.8 Å². The molecule has 2 N–H and O–H groups in total. The van der Waals surface area contributed by atoms with Crippen molar-refractivity contribution >= 4 is 17.3 Å². The first-order chi connectivity index (χ1) is 14.5. The molecule has 30 heavy (non-hydrogen) atoms. The van der Waals surface area contributed by atoms with Crippen LogP contribution in [0.2, 0.25) is 0 Å². The number of amides is 1. The van der Waals surface area contributed by atoms with E-state index in [0.717, 1.165) is 0 Å². The topological polar surface area (TPSA) is 98.5 Å². The Hall–Kier alpha value is -3.55. The normalized spacial score (nSPS) is 11.6. The van der Waals surface area contributed by atoms with Crippen molar-refractivity contribution in [3.63, 3.8) is 0 Å². The molecular formula is C22H26N4O4. The third-order valence-electron chi connectivity index (χ3n) is 4.25. The Morgan fingerprint density at radius 3 is 2.30 bits per heavy atom. The molecule has 1 unspecified atom stereocenters. The molecule has 0 aliphatic carbocycles. The molecule has 0 saturated carbocycles. The van der Waals surface area contributed by atoms with E-state index in [1.165, 1.54) is 0 Å². The molecule has 8 nitrogen and oxygen atoms in total. The predicted molar refractivity (Wildman–Crippen MR) is 114 cm³/mol. The van der Waals surface area contributed by atoms with Gasteiger partial charge in [-0.1, -0.05) is 23.4 Å². The van der Waals surface area contributed by atoms with Gasteiger partial charge in [-0.25, -0.2) is 0 Å². The van der Waals surface area contributed by atoms with E-state index in [-0.39, 0.29) is 11.9 Å². The molecule has 1 heterocycles. The van der Waals surface area contributed by atoms with Crippen LogP contribution in [0.5, 0.6) is 11.5 Å². The fourth-order valence-electron chi connectivity index (χ4n) is 2.89. The number of rotatable bonds is 9. The van der Waals surface area contributed by atoms with Crippen molar-refractivity contribution in [1.82, 2.24) is 10.1 Å². The van der Waals surface area contributed by atoms with Crippen LogP contribution in [-0.2, 0) is 0 Å². The monoisotopic (exact) mass is 410 g/mol. The maximum absolute atomic E-state index is 12.6. The molecule has 1 aromatic heterocycles. The zero-order valence-electron chi connectivity index (χ0n) is 17.6. The maximum atomic E-state index is 12.6. The van der Waals surface area contributed by atoms with Gasteiger partial charge in [0.1, 0.15) is 17.5 Å². The smallest absolute Gasteiger partial charge is 0.255 e. The Kier molecular flexibility index (Phi) is 6.90. The second-order valence-electron chi connectivity index (χ2n) is 6.58. The van der Waals surface area contributed by atoms with Crippen LogP contribution in [0.4, 0.5) is 11.4 Å². The summed E-state index contributed by atoms with van der Waals surface area (Å²) in [6.45, 7) is 8.36. The first-order valence-electron chi connectivity index (χ1n) is 9.88. The zero-order valence-corrected chi connectivity index (χ0v) is 17.6. The Bertz CT molecular complexity index is 988. The van der Waals surface area contributed by atoms with Crippen molar-refractivity contribution in [2.45, 2.75) is 33.7 Å². The van der Waals surface area contributed by atoms with Crippen LogP contribution < -0.4 is 20.1 Å². The number of ether oxygens (including phenoxy) is 2. The lowest BCUT2D eigenvalue weighted by molar-refractivity contribution is 0.102. The number of aromatic nitrogens is 2. The van der Waals surface area contributed by atoms with E-state index in [1.807, 2.05) is 39.0 Å². The van der Waals surface area contributed by atoms with Gasteiger partial charge in [0, 0.05) is 17.7 Å². The van der Waals surface area contributed by atoms with Gasteiger partial charge >= 0.3 is 0 Å². The van der Waals surface area contributed by atoms with Crippen molar-refractivity contribution in [2.75, 3.05) is 23.8 Å². The molecule has 3 aromatic rings. The standard InChI is InChI=1S/C22H26N4O4/c1-5-28-19-13-18(25-21(27)16-10-8-7-9-11-16)20(29-6-2)12-17(19)23-14(3)22-24-15(4)26-30-22/h7-14,23H,5-6H2,1-4H3,(H,25,27). The highest BCUT2D eigenvalue weighted by Gasteiger charge is 2.19. The minimum atomic E-state index is -0.246. The van der Waals surface area contributed by atoms with Gasteiger partial charge in [-0.2, -0.15) is 4.98 Å². The lowest BCUT2D eigenvalue weighted by atomic mass is 10.1. The molecule has 2 aromatic carbocycles. The number of carbonyl (C=O) groups excluding carboxylic acids is 1. The first-order valence-corrected chi connectivity index (χ1v) is 9.88. The van der Waals surface area contributed by atoms with Crippen LogP contribution in [0, 0.1) is 6.92 Å². The van der Waals surface area contributed by atoms with Crippen LogP contribution in [0.25, 0.3) is 0 Å².